The van der Waals surface area contributed by atoms with Crippen molar-refractivity contribution >= 4 is 11.7 Å². The predicted octanol–water partition coefficient (Wildman–Crippen LogP) is 1.78. The number of pyridine rings is 1. The molecule has 4 rings (SSSR count). The van der Waals surface area contributed by atoms with Crippen molar-refractivity contribution in [2.24, 2.45) is 0 Å². The molecule has 0 radical (unpaired) electrons. The van der Waals surface area contributed by atoms with Gasteiger partial charge >= 0.3 is 0 Å². The number of carbonyl (C=O) groups is 1. The van der Waals surface area contributed by atoms with E-state index in [0.717, 1.165) is 24.5 Å². The van der Waals surface area contributed by atoms with Gasteiger partial charge < -0.3 is 19.4 Å². The third-order valence-corrected chi connectivity index (χ3v) is 5.10. The van der Waals surface area contributed by atoms with Crippen molar-refractivity contribution in [1.29, 1.82) is 0 Å². The summed E-state index contributed by atoms with van der Waals surface area (Å²) in [4.78, 5) is 24.6. The number of hydrogen-bond acceptors (Lipinski definition) is 7. The van der Waals surface area contributed by atoms with Gasteiger partial charge in [-0.3, -0.25) is 4.79 Å². The van der Waals surface area contributed by atoms with Crippen molar-refractivity contribution in [2.45, 2.75) is 44.8 Å². The number of nitrogens with zero attached hydrogens (tertiary/aromatic N) is 5. The zero-order chi connectivity index (χ0) is 18.1. The van der Waals surface area contributed by atoms with E-state index in [0.29, 0.717) is 24.7 Å². The third kappa shape index (κ3) is 3.29. The molecule has 2 atom stereocenters. The molecule has 4 heterocycles. The molecule has 2 aromatic rings. The number of hydrogen-bond donors (Lipinski definition) is 1. The molecule has 138 valence electrons. The van der Waals surface area contributed by atoms with Gasteiger partial charge in [-0.1, -0.05) is 5.16 Å². The number of amides is 1. The fraction of sp³-hybridized carbons (Fsp3) is 0.556. The largest absolute Gasteiger partial charge is 0.391 e. The topological polar surface area (TPSA) is 95.6 Å². The molecule has 1 N–H and O–H groups in total. The van der Waals surface area contributed by atoms with Crippen LogP contribution in [0, 0.1) is 0 Å². The molecule has 0 bridgehead atoms. The minimum absolute atomic E-state index is 0.112. The minimum atomic E-state index is -0.565. The van der Waals surface area contributed by atoms with Gasteiger partial charge in [0.1, 0.15) is 11.9 Å². The summed E-state index contributed by atoms with van der Waals surface area (Å²) in [6, 6.07) is 3.56. The number of carbonyl (C=O) groups excluding carboxylic acids is 1. The Morgan fingerprint density at radius 3 is 2.77 bits per heavy atom. The van der Waals surface area contributed by atoms with E-state index < -0.39 is 6.10 Å². The summed E-state index contributed by atoms with van der Waals surface area (Å²) in [5.41, 5.74) is 0.772. The van der Waals surface area contributed by atoms with Gasteiger partial charge in [-0.25, -0.2) is 4.98 Å². The second-order valence-electron chi connectivity index (χ2n) is 6.99. The molecule has 8 heteroatoms. The Kier molecular flexibility index (Phi) is 4.58. The normalized spacial score (nSPS) is 23.5. The summed E-state index contributed by atoms with van der Waals surface area (Å²) >= 11 is 0. The maximum Gasteiger partial charge on any atom is 0.249 e. The van der Waals surface area contributed by atoms with Gasteiger partial charge in [0.15, 0.2) is 0 Å². The zero-order valence-electron chi connectivity index (χ0n) is 14.8. The molecule has 0 saturated carbocycles. The van der Waals surface area contributed by atoms with Crippen LogP contribution in [-0.2, 0) is 4.79 Å². The van der Waals surface area contributed by atoms with E-state index in [9.17, 15) is 9.90 Å². The van der Waals surface area contributed by atoms with Gasteiger partial charge in [-0.05, 0) is 31.4 Å². The number of piperidine rings is 1. The standard InChI is InChI=1S/C18H23N5O3/c1-12(24)23-11-14(25)9-15(23)18-20-17(21-26-18)13-5-6-16(19-10-13)22-7-3-2-4-8-22/h5-6,10,14-15,25H,2-4,7-9,11H2,1H3/t14-,15-/m1/s1. The van der Waals surface area contributed by atoms with E-state index >= 15 is 0 Å². The number of aliphatic hydroxyl groups is 1. The highest BCUT2D eigenvalue weighted by molar-refractivity contribution is 5.74. The number of anilines is 1. The molecule has 2 aromatic heterocycles. The SMILES string of the molecule is CC(=O)N1C[C@H](O)C[C@@H]1c1nc(-c2ccc(N3CCCCC3)nc2)no1. The van der Waals surface area contributed by atoms with Crippen LogP contribution in [0.3, 0.4) is 0 Å². The molecule has 0 unspecified atom stereocenters. The molecule has 0 aromatic carbocycles. The Bertz CT molecular complexity index is 769. The first kappa shape index (κ1) is 17.0. The smallest absolute Gasteiger partial charge is 0.249 e. The van der Waals surface area contributed by atoms with Crippen molar-refractivity contribution in [3.05, 3.63) is 24.2 Å². The quantitative estimate of drug-likeness (QED) is 0.894. The van der Waals surface area contributed by atoms with Crippen LogP contribution in [-0.4, -0.2) is 56.8 Å². The van der Waals surface area contributed by atoms with Crippen molar-refractivity contribution < 1.29 is 14.4 Å². The number of likely N-dealkylation sites (tertiary alicyclic amines) is 1. The van der Waals surface area contributed by atoms with Crippen LogP contribution in [0.1, 0.15) is 44.5 Å². The van der Waals surface area contributed by atoms with Gasteiger partial charge in [-0.2, -0.15) is 4.98 Å². The van der Waals surface area contributed by atoms with Crippen molar-refractivity contribution in [3.8, 4) is 11.4 Å². The highest BCUT2D eigenvalue weighted by atomic mass is 16.5. The van der Waals surface area contributed by atoms with Crippen molar-refractivity contribution in [1.82, 2.24) is 20.0 Å². The number of β-amino-alcohol motifs (C(OH)–C–C–N with tert-alkyl or cyclic N) is 1. The van der Waals surface area contributed by atoms with E-state index in [1.165, 1.54) is 26.2 Å². The monoisotopic (exact) mass is 357 g/mol. The molecule has 2 aliphatic heterocycles. The average Bonchev–Trinajstić information content (AvgIpc) is 3.29. The fourth-order valence-electron chi connectivity index (χ4n) is 3.71. The van der Waals surface area contributed by atoms with Crippen LogP contribution in [0.4, 0.5) is 5.82 Å². The predicted molar refractivity (Wildman–Crippen MR) is 94.3 cm³/mol. The fourth-order valence-corrected chi connectivity index (χ4v) is 3.71. The molecule has 0 aliphatic carbocycles. The molecular weight excluding hydrogens is 334 g/mol. The summed E-state index contributed by atoms with van der Waals surface area (Å²) in [5, 5.41) is 13.9. The summed E-state index contributed by atoms with van der Waals surface area (Å²) in [6.07, 6.45) is 5.30. The summed E-state index contributed by atoms with van der Waals surface area (Å²) < 4.78 is 5.37. The van der Waals surface area contributed by atoms with Crippen LogP contribution >= 0.6 is 0 Å². The average molecular weight is 357 g/mol. The highest BCUT2D eigenvalue weighted by Crippen LogP contribution is 2.32. The van der Waals surface area contributed by atoms with E-state index in [1.54, 1.807) is 11.1 Å². The van der Waals surface area contributed by atoms with E-state index in [2.05, 4.69) is 20.0 Å². The molecule has 2 aliphatic rings. The zero-order valence-corrected chi connectivity index (χ0v) is 14.8. The minimum Gasteiger partial charge on any atom is -0.391 e. The lowest BCUT2D eigenvalue weighted by Crippen LogP contribution is -2.30. The van der Waals surface area contributed by atoms with Crippen LogP contribution in [0.15, 0.2) is 22.9 Å². The molecule has 0 spiro atoms. The lowest BCUT2D eigenvalue weighted by molar-refractivity contribution is -0.130. The first-order valence-electron chi connectivity index (χ1n) is 9.12. The first-order chi connectivity index (χ1) is 12.6. The van der Waals surface area contributed by atoms with Crippen molar-refractivity contribution in [2.75, 3.05) is 24.5 Å². The maximum absolute atomic E-state index is 11.8. The van der Waals surface area contributed by atoms with Gasteiger partial charge in [0.2, 0.25) is 17.6 Å². The molecule has 26 heavy (non-hydrogen) atoms. The van der Waals surface area contributed by atoms with Crippen LogP contribution in [0.25, 0.3) is 11.4 Å². The van der Waals surface area contributed by atoms with E-state index in [-0.39, 0.29) is 11.9 Å². The lowest BCUT2D eigenvalue weighted by Gasteiger charge is -2.27. The van der Waals surface area contributed by atoms with Crippen LogP contribution in [0.5, 0.6) is 0 Å². The molecule has 1 amide bonds. The molecule has 8 nitrogen and oxygen atoms in total. The Morgan fingerprint density at radius 2 is 2.08 bits per heavy atom. The Hall–Kier alpha value is -2.48. The number of rotatable bonds is 3. The van der Waals surface area contributed by atoms with Crippen molar-refractivity contribution in [3.63, 3.8) is 0 Å². The van der Waals surface area contributed by atoms with Gasteiger partial charge in [0.25, 0.3) is 0 Å². The van der Waals surface area contributed by atoms with Gasteiger partial charge in [-0.15, -0.1) is 0 Å². The lowest BCUT2D eigenvalue weighted by atomic mass is 10.1. The maximum atomic E-state index is 11.8. The number of aliphatic hydroxyl groups excluding tert-OH is 1. The Morgan fingerprint density at radius 1 is 1.27 bits per heavy atom. The van der Waals surface area contributed by atoms with Crippen LogP contribution < -0.4 is 4.90 Å². The second-order valence-corrected chi connectivity index (χ2v) is 6.99. The van der Waals surface area contributed by atoms with Crippen LogP contribution in [0.2, 0.25) is 0 Å². The highest BCUT2D eigenvalue weighted by Gasteiger charge is 2.37. The van der Waals surface area contributed by atoms with E-state index in [4.69, 9.17) is 4.52 Å². The molecule has 2 fully saturated rings. The summed E-state index contributed by atoms with van der Waals surface area (Å²) in [5.74, 6) is 1.66. The van der Waals surface area contributed by atoms with Gasteiger partial charge in [0, 0.05) is 44.7 Å². The molecular formula is C18H23N5O3. The summed E-state index contributed by atoms with van der Waals surface area (Å²) in [7, 11) is 0. The molecule has 2 saturated heterocycles. The summed E-state index contributed by atoms with van der Waals surface area (Å²) in [6.45, 7) is 3.86. The van der Waals surface area contributed by atoms with E-state index in [1.807, 2.05) is 12.1 Å². The Balaban J connectivity index is 1.51. The second kappa shape index (κ2) is 7.03. The number of aromatic nitrogens is 3. The third-order valence-electron chi connectivity index (χ3n) is 5.10. The first-order valence-corrected chi connectivity index (χ1v) is 9.12. The van der Waals surface area contributed by atoms with Gasteiger partial charge in [0.05, 0.1) is 6.10 Å². The Labute approximate surface area is 151 Å².